The standard InChI is InChI=1S/C14H21N3O2/c1-10-12(14(18)19-3)6-7-13(16-10)17-8-4-5-11(9-17)15-2/h6-7,11,15H,4-5,8-9H2,1-3H3. The number of anilines is 1. The van der Waals surface area contributed by atoms with Crippen molar-refractivity contribution in [3.63, 3.8) is 0 Å². The first-order valence-electron chi connectivity index (χ1n) is 6.64. The van der Waals surface area contributed by atoms with Crippen LogP contribution in [0, 0.1) is 6.92 Å². The summed E-state index contributed by atoms with van der Waals surface area (Å²) < 4.78 is 4.73. The highest BCUT2D eigenvalue weighted by Crippen LogP contribution is 2.20. The Bertz CT molecular complexity index is 462. The average Bonchev–Trinajstić information content (AvgIpc) is 2.46. The zero-order chi connectivity index (χ0) is 13.8. The van der Waals surface area contributed by atoms with Gasteiger partial charge in [-0.05, 0) is 38.9 Å². The van der Waals surface area contributed by atoms with Crippen molar-refractivity contribution in [2.45, 2.75) is 25.8 Å². The molecule has 0 aliphatic carbocycles. The number of esters is 1. The minimum atomic E-state index is -0.330. The van der Waals surface area contributed by atoms with E-state index in [1.807, 2.05) is 20.0 Å². The van der Waals surface area contributed by atoms with Crippen LogP contribution in [-0.2, 0) is 4.74 Å². The molecular weight excluding hydrogens is 242 g/mol. The van der Waals surface area contributed by atoms with Gasteiger partial charge in [-0.2, -0.15) is 0 Å². The van der Waals surface area contributed by atoms with Crippen LogP contribution in [0.15, 0.2) is 12.1 Å². The molecule has 0 aromatic carbocycles. The van der Waals surface area contributed by atoms with Gasteiger partial charge in [-0.3, -0.25) is 0 Å². The fourth-order valence-electron chi connectivity index (χ4n) is 2.47. The van der Waals surface area contributed by atoms with Gasteiger partial charge in [0, 0.05) is 19.1 Å². The number of nitrogens with one attached hydrogen (secondary N) is 1. The summed E-state index contributed by atoms with van der Waals surface area (Å²) in [4.78, 5) is 18.3. The van der Waals surface area contributed by atoms with Crippen molar-refractivity contribution in [3.8, 4) is 0 Å². The molecule has 1 aromatic rings. The summed E-state index contributed by atoms with van der Waals surface area (Å²) in [5, 5.41) is 3.31. The van der Waals surface area contributed by atoms with Crippen LogP contribution in [0.4, 0.5) is 5.82 Å². The maximum atomic E-state index is 11.5. The van der Waals surface area contributed by atoms with Crippen molar-refractivity contribution in [1.82, 2.24) is 10.3 Å². The predicted molar refractivity (Wildman–Crippen MR) is 74.6 cm³/mol. The van der Waals surface area contributed by atoms with Crippen molar-refractivity contribution in [2.24, 2.45) is 0 Å². The van der Waals surface area contributed by atoms with Crippen molar-refractivity contribution >= 4 is 11.8 Å². The number of methoxy groups -OCH3 is 1. The number of piperidine rings is 1. The van der Waals surface area contributed by atoms with E-state index >= 15 is 0 Å². The fraction of sp³-hybridized carbons (Fsp3) is 0.571. The first kappa shape index (κ1) is 13.8. The van der Waals surface area contributed by atoms with Crippen LogP contribution in [0.3, 0.4) is 0 Å². The number of pyridine rings is 1. The van der Waals surface area contributed by atoms with Gasteiger partial charge in [0.25, 0.3) is 0 Å². The molecule has 5 nitrogen and oxygen atoms in total. The van der Waals surface area contributed by atoms with Crippen LogP contribution < -0.4 is 10.2 Å². The Morgan fingerprint density at radius 3 is 2.95 bits per heavy atom. The van der Waals surface area contributed by atoms with Crippen LogP contribution >= 0.6 is 0 Å². The number of likely N-dealkylation sites (N-methyl/N-ethyl adjacent to an activating group) is 1. The molecule has 1 aliphatic rings. The largest absolute Gasteiger partial charge is 0.465 e. The molecule has 5 heteroatoms. The first-order chi connectivity index (χ1) is 9.15. The number of aromatic nitrogens is 1. The van der Waals surface area contributed by atoms with E-state index in [-0.39, 0.29) is 5.97 Å². The lowest BCUT2D eigenvalue weighted by molar-refractivity contribution is 0.0599. The third-order valence-electron chi connectivity index (χ3n) is 3.63. The topological polar surface area (TPSA) is 54.5 Å². The molecule has 1 aliphatic heterocycles. The lowest BCUT2D eigenvalue weighted by Crippen LogP contribution is -2.44. The van der Waals surface area contributed by atoms with Crippen LogP contribution in [0.2, 0.25) is 0 Å². The van der Waals surface area contributed by atoms with Gasteiger partial charge in [-0.1, -0.05) is 0 Å². The number of rotatable bonds is 3. The summed E-state index contributed by atoms with van der Waals surface area (Å²) in [5.41, 5.74) is 1.25. The molecule has 2 rings (SSSR count). The molecule has 104 valence electrons. The van der Waals surface area contributed by atoms with Crippen molar-refractivity contribution in [3.05, 3.63) is 23.4 Å². The van der Waals surface area contributed by atoms with E-state index in [1.54, 1.807) is 6.07 Å². The Morgan fingerprint density at radius 1 is 1.53 bits per heavy atom. The maximum absolute atomic E-state index is 11.5. The Labute approximate surface area is 114 Å². The number of carbonyl (C=O) groups excluding carboxylic acids is 1. The van der Waals surface area contributed by atoms with E-state index in [4.69, 9.17) is 4.74 Å². The lowest BCUT2D eigenvalue weighted by atomic mass is 10.1. The monoisotopic (exact) mass is 263 g/mol. The van der Waals surface area contributed by atoms with Crippen LogP contribution in [0.25, 0.3) is 0 Å². The van der Waals surface area contributed by atoms with Gasteiger partial charge in [0.15, 0.2) is 0 Å². The maximum Gasteiger partial charge on any atom is 0.339 e. The Morgan fingerprint density at radius 2 is 2.32 bits per heavy atom. The van der Waals surface area contributed by atoms with E-state index in [9.17, 15) is 4.79 Å². The molecule has 19 heavy (non-hydrogen) atoms. The number of hydrogen-bond acceptors (Lipinski definition) is 5. The number of ether oxygens (including phenoxy) is 1. The number of carbonyl (C=O) groups is 1. The summed E-state index contributed by atoms with van der Waals surface area (Å²) in [7, 11) is 3.38. The Hall–Kier alpha value is -1.62. The van der Waals surface area contributed by atoms with Crippen molar-refractivity contribution in [1.29, 1.82) is 0 Å². The molecular formula is C14H21N3O2. The highest BCUT2D eigenvalue weighted by Gasteiger charge is 2.20. The molecule has 0 saturated carbocycles. The van der Waals surface area contributed by atoms with Gasteiger partial charge in [-0.25, -0.2) is 9.78 Å². The Balaban J connectivity index is 2.17. The second-order valence-electron chi connectivity index (χ2n) is 4.87. The van der Waals surface area contributed by atoms with Crippen LogP contribution in [0.5, 0.6) is 0 Å². The quantitative estimate of drug-likeness (QED) is 0.835. The third-order valence-corrected chi connectivity index (χ3v) is 3.63. The summed E-state index contributed by atoms with van der Waals surface area (Å²) in [6.07, 6.45) is 2.36. The molecule has 0 spiro atoms. The SMILES string of the molecule is CNC1CCCN(c2ccc(C(=O)OC)c(C)n2)C1. The van der Waals surface area contributed by atoms with Gasteiger partial charge >= 0.3 is 5.97 Å². The zero-order valence-electron chi connectivity index (χ0n) is 11.8. The van der Waals surface area contributed by atoms with Crippen LogP contribution in [-0.4, -0.2) is 44.2 Å². The zero-order valence-corrected chi connectivity index (χ0v) is 11.8. The molecule has 2 heterocycles. The summed E-state index contributed by atoms with van der Waals surface area (Å²) in [6.45, 7) is 3.82. The van der Waals surface area contributed by atoms with Gasteiger partial charge in [-0.15, -0.1) is 0 Å². The van der Waals surface area contributed by atoms with Crippen LogP contribution in [0.1, 0.15) is 28.9 Å². The number of nitrogens with zero attached hydrogens (tertiary/aromatic N) is 2. The lowest BCUT2D eigenvalue weighted by Gasteiger charge is -2.33. The molecule has 1 N–H and O–H groups in total. The van der Waals surface area contributed by atoms with E-state index in [2.05, 4.69) is 15.2 Å². The fourth-order valence-corrected chi connectivity index (χ4v) is 2.47. The summed E-state index contributed by atoms with van der Waals surface area (Å²) in [6, 6.07) is 4.21. The predicted octanol–water partition coefficient (Wildman–Crippen LogP) is 1.36. The third kappa shape index (κ3) is 3.04. The van der Waals surface area contributed by atoms with Gasteiger partial charge in [0.2, 0.25) is 0 Å². The molecule has 0 bridgehead atoms. The normalized spacial score (nSPS) is 19.3. The summed E-state index contributed by atoms with van der Waals surface area (Å²) >= 11 is 0. The summed E-state index contributed by atoms with van der Waals surface area (Å²) in [5.74, 6) is 0.605. The highest BCUT2D eigenvalue weighted by molar-refractivity contribution is 5.90. The van der Waals surface area contributed by atoms with Crippen molar-refractivity contribution in [2.75, 3.05) is 32.1 Å². The second-order valence-corrected chi connectivity index (χ2v) is 4.87. The first-order valence-corrected chi connectivity index (χ1v) is 6.64. The van der Waals surface area contributed by atoms with E-state index < -0.39 is 0 Å². The number of hydrogen-bond donors (Lipinski definition) is 1. The smallest absolute Gasteiger partial charge is 0.339 e. The van der Waals surface area contributed by atoms with Crippen molar-refractivity contribution < 1.29 is 9.53 Å². The van der Waals surface area contributed by atoms with Gasteiger partial charge in [0.05, 0.1) is 18.4 Å². The number of aryl methyl sites for hydroxylation is 1. The van der Waals surface area contributed by atoms with E-state index in [0.717, 1.165) is 31.0 Å². The van der Waals surface area contributed by atoms with E-state index in [1.165, 1.54) is 13.5 Å². The average molecular weight is 263 g/mol. The molecule has 1 atom stereocenters. The molecule has 1 unspecified atom stereocenters. The second kappa shape index (κ2) is 6.02. The minimum Gasteiger partial charge on any atom is -0.465 e. The molecule has 1 fully saturated rings. The highest BCUT2D eigenvalue weighted by atomic mass is 16.5. The molecule has 1 aromatic heterocycles. The van der Waals surface area contributed by atoms with Gasteiger partial charge < -0.3 is 15.0 Å². The molecule has 0 amide bonds. The molecule has 0 radical (unpaired) electrons. The van der Waals surface area contributed by atoms with E-state index in [0.29, 0.717) is 11.6 Å². The minimum absolute atomic E-state index is 0.330. The van der Waals surface area contributed by atoms with Gasteiger partial charge in [0.1, 0.15) is 5.82 Å². The molecule has 1 saturated heterocycles. The Kier molecular flexibility index (Phi) is 4.37.